The molecule has 4 fully saturated rings. The maximum atomic E-state index is 11.9. The molecule has 24 atom stereocenters. The highest BCUT2D eigenvalue weighted by molar-refractivity contribution is 7.68. The first kappa shape index (κ1) is 110. The molecule has 0 bridgehead atoms. The number of terminal acetylenes is 2. The number of aliphatic hydroxyl groups excluding tert-OH is 4. The topological polar surface area (TPSA) is 953 Å². The average Bonchev–Trinajstić information content (AvgIpc) is 1.62. The molecular formula is C46H64Cl4N12O50P12. The lowest BCUT2D eigenvalue weighted by Crippen LogP contribution is -2.44. The van der Waals surface area contributed by atoms with Crippen LogP contribution in [0.3, 0.4) is 0 Å². The monoisotopic (exact) mass is 2100 g/mol. The number of nitriles is 2. The molecule has 0 aromatic carbocycles. The number of aliphatic imine (C=N–C) groups is 2. The molecule has 696 valence electrons. The Bertz CT molecular complexity index is 4860. The van der Waals surface area contributed by atoms with E-state index < -0.39 is 225 Å². The second-order valence-electron chi connectivity index (χ2n) is 23.8. The van der Waals surface area contributed by atoms with Crippen molar-refractivity contribution in [3.63, 3.8) is 0 Å². The number of hydrogen-bond acceptors (Lipinski definition) is 44. The fourth-order valence-corrected chi connectivity index (χ4v) is 23.5. The normalized spacial score (nSPS) is 32.8. The van der Waals surface area contributed by atoms with Crippen LogP contribution in [0.2, 0.25) is 0 Å². The van der Waals surface area contributed by atoms with Crippen molar-refractivity contribution in [1.29, 1.82) is 10.5 Å². The highest BCUT2D eigenvalue weighted by Crippen LogP contribution is 2.70. The Kier molecular flexibility index (Phi) is 36.5. The molecule has 0 aliphatic carbocycles. The van der Waals surface area contributed by atoms with Crippen LogP contribution in [0.4, 0.5) is 0 Å². The van der Waals surface area contributed by atoms with Crippen molar-refractivity contribution in [3.05, 3.63) is 98.7 Å². The molecule has 4 saturated heterocycles. The number of amides is 2. The zero-order chi connectivity index (χ0) is 95.3. The highest BCUT2D eigenvalue weighted by Gasteiger charge is 2.63. The number of carbonyl (C=O) groups is 2. The first-order valence-electron chi connectivity index (χ1n) is 30.9. The summed E-state index contributed by atoms with van der Waals surface area (Å²) in [7, 11) is -67.6. The summed E-state index contributed by atoms with van der Waals surface area (Å²) in [6.07, 6.45) is 8.55. The minimum atomic E-state index is -5.79. The van der Waals surface area contributed by atoms with Crippen molar-refractivity contribution in [2.75, 3.05) is 26.4 Å². The van der Waals surface area contributed by atoms with E-state index in [9.17, 15) is 120 Å². The molecule has 8 aliphatic heterocycles. The zero-order valence-corrected chi connectivity index (χ0v) is 73.9. The fourth-order valence-electron chi connectivity index (χ4n) is 9.75. The predicted molar refractivity (Wildman–Crippen MR) is 401 cm³/mol. The Labute approximate surface area is 712 Å². The number of nitrogens with one attached hydrogen (secondary N) is 2. The van der Waals surface area contributed by atoms with E-state index >= 15 is 0 Å². The number of nitrogens with two attached hydrogens (primary N) is 2. The van der Waals surface area contributed by atoms with E-state index in [1.165, 1.54) is 63.8 Å². The Hall–Kier alpha value is -4.42. The number of alkyl halides is 4. The smallest absolute Gasteiger partial charge is 0.387 e. The van der Waals surface area contributed by atoms with Crippen molar-refractivity contribution >= 4 is 164 Å². The number of aliphatic hydroxyl groups is 4. The Morgan fingerprint density at radius 3 is 0.815 bits per heavy atom. The second-order valence-corrected chi connectivity index (χ2v) is 43.5. The highest BCUT2D eigenvalue weighted by atomic mass is 35.5. The van der Waals surface area contributed by atoms with Crippen molar-refractivity contribution in [2.24, 2.45) is 21.5 Å². The summed E-state index contributed by atoms with van der Waals surface area (Å²) < 4.78 is 204. The van der Waals surface area contributed by atoms with Crippen LogP contribution in [-0.4, -0.2) is 261 Å². The third-order valence-electron chi connectivity index (χ3n) is 14.8. The Morgan fingerprint density at radius 2 is 0.605 bits per heavy atom. The van der Waals surface area contributed by atoms with Crippen LogP contribution < -0.4 is 22.1 Å². The quantitative estimate of drug-likeness (QED) is 0.0197. The lowest BCUT2D eigenvalue weighted by atomic mass is 9.98. The maximum Gasteiger partial charge on any atom is 0.490 e. The fraction of sp³-hybridized carbons (Fsp3) is 0.435. The third kappa shape index (κ3) is 30.9. The van der Waals surface area contributed by atoms with E-state index in [1.807, 2.05) is 11.8 Å². The van der Waals surface area contributed by atoms with Gasteiger partial charge in [0.2, 0.25) is 11.2 Å². The summed E-state index contributed by atoms with van der Waals surface area (Å²) in [6, 6.07) is 3.03. The molecule has 8 unspecified atom stereocenters. The molecule has 0 aromatic rings. The Balaban J connectivity index is 0.000000294. The average molecular weight is 2100 g/mol. The number of hydrogen-bond donors (Lipinski definition) is 24. The van der Waals surface area contributed by atoms with Crippen molar-refractivity contribution in [3.8, 4) is 36.8 Å². The van der Waals surface area contributed by atoms with E-state index in [0.717, 1.165) is 17.1 Å². The zero-order valence-electron chi connectivity index (χ0n) is 60.2. The second kappa shape index (κ2) is 41.2. The standard InChI is InChI=1S/C12H17ClN3O12P3.C12H16ClN2O13P3.C11H16ClN4O12P3.C11H15ClN3O13P3/c1-3-12(6-25-30(21,22)28-31(23,24)27-29(18,19)20)10(17)9(13)11(26-12)16-5-4-8(14)15-7(16)2;1-3-12(6-25-30(21,22)28-31(23,24)27-29(18,19)20)10(17)9(13)11(26-12)15-5-4-8(16)14-7(15)2;1-6-15-7(14)2-3-16(6)10-8(12)9(17)11(4-13,26-10)5-25-30(21,22)28-31(23,24)27-29(18,19)20;1-6-14-7(16)2-3-15(6)10-8(12)9(17)11(4-13,26-10)5-25-30(21,22)28-31(23,24)27-29(18,19)20/h1,4-5,9-11,17H,2,6H2,(H2,14,15)(H,21,22)(H,23,24)(H2,18,19,20);1,4-5,9-11,17H,2,6H2,(H,14,16)(H,21,22)(H,23,24)(H2,18,19,20);2-3,8-10,17H,1,5H2,(H2,14,15)(H,21,22)(H,23,24)(H2,18,19,20);2-3,8-10,17H,1,5H2,(H,14,16)(H,21,22)(H,23,24)(H2,18,19,20)/t2*9-,10+,11-,12-;2*8-,9+,10-,11-/m1111/s1. The van der Waals surface area contributed by atoms with Gasteiger partial charge in [-0.15, -0.1) is 59.3 Å². The van der Waals surface area contributed by atoms with Crippen LogP contribution in [0.15, 0.2) is 109 Å². The van der Waals surface area contributed by atoms with Gasteiger partial charge in [-0.05, 0) is 12.2 Å². The molecule has 124 heavy (non-hydrogen) atoms. The first-order valence-corrected chi connectivity index (χ1v) is 50.7. The van der Waals surface area contributed by atoms with Gasteiger partial charge in [0, 0.05) is 37.0 Å². The number of phosphoric acid groups is 12. The number of halogens is 4. The van der Waals surface area contributed by atoms with Crippen molar-refractivity contribution in [2.45, 2.75) is 93.2 Å². The van der Waals surface area contributed by atoms with E-state index in [1.54, 1.807) is 0 Å². The number of nitrogens with zero attached hydrogens (tertiary/aromatic N) is 8. The number of phosphoric ester groups is 4. The summed E-state index contributed by atoms with van der Waals surface area (Å²) in [5, 5.41) is 60.0. The molecule has 0 radical (unpaired) electrons. The van der Waals surface area contributed by atoms with Gasteiger partial charge in [0.25, 0.3) is 11.8 Å². The van der Waals surface area contributed by atoms with Crippen LogP contribution >= 0.6 is 140 Å². The van der Waals surface area contributed by atoms with Crippen LogP contribution in [0.1, 0.15) is 0 Å². The molecule has 0 aromatic heterocycles. The SMILES string of the molecule is C#C[C@]1(COP(=O)(O)OP(=O)(O)OP(=O)(O)O)O[C@@H](N2C=CC(=O)NC2=C)[C@H](Cl)[C@@H]1O.C#C[C@]1(COP(=O)(O)OP(=O)(O)OP(=O)(O)O)O[C@@H](N2C=CC(N)=NC2=C)[C@H](Cl)[C@@H]1O.C=C1N=C(N)C=CN1[C@@H]1O[C@](C#N)(COP(=O)(O)OP(=O)(O)OP(=O)(O)O)[C@@H](O)[C@H]1Cl.C=C1NC(=O)C=CN1[C@@H]1O[C@](C#N)(COP(=O)(O)OP(=O)(O)OP(=O)(O)O)[C@@H](O)[C@H]1Cl. The number of carbonyl (C=O) groups excluding carboxylic acids is 2. The minimum absolute atomic E-state index is 0.0102. The van der Waals surface area contributed by atoms with Gasteiger partial charge < -0.3 is 159 Å². The van der Waals surface area contributed by atoms with Crippen molar-refractivity contribution in [1.82, 2.24) is 30.2 Å². The minimum Gasteiger partial charge on any atom is -0.387 e. The van der Waals surface area contributed by atoms with E-state index in [0.29, 0.717) is 0 Å². The van der Waals surface area contributed by atoms with Gasteiger partial charge in [-0.25, -0.2) is 64.8 Å². The van der Waals surface area contributed by atoms with E-state index in [4.69, 9.17) is 143 Å². The lowest BCUT2D eigenvalue weighted by Gasteiger charge is -2.33. The molecule has 62 nitrogen and oxygen atoms in total. The summed E-state index contributed by atoms with van der Waals surface area (Å²) >= 11 is 24.5. The molecule has 0 saturated carbocycles. The first-order chi connectivity index (χ1) is 56.0. The summed E-state index contributed by atoms with van der Waals surface area (Å²) in [4.78, 5) is 178. The lowest BCUT2D eigenvalue weighted by molar-refractivity contribution is -0.120. The number of rotatable bonds is 32. The molecule has 8 aliphatic rings. The van der Waals surface area contributed by atoms with Gasteiger partial charge in [-0.2, -0.15) is 45.0 Å². The summed E-state index contributed by atoms with van der Waals surface area (Å²) in [5.74, 6) is 3.32. The molecule has 8 rings (SSSR count). The van der Waals surface area contributed by atoms with Gasteiger partial charge in [-0.1, -0.05) is 38.2 Å². The molecule has 8 heterocycles. The van der Waals surface area contributed by atoms with Crippen LogP contribution in [-0.2, 0) is 136 Å². The van der Waals surface area contributed by atoms with Crippen LogP contribution in [0.5, 0.6) is 0 Å². The van der Waals surface area contributed by atoms with Crippen LogP contribution in [0, 0.1) is 47.3 Å². The van der Waals surface area contributed by atoms with Crippen molar-refractivity contribution < 1.29 is 235 Å². The number of ether oxygens (including phenoxy) is 4. The van der Waals surface area contributed by atoms with Crippen LogP contribution in [0.25, 0.3) is 0 Å². The van der Waals surface area contributed by atoms with Gasteiger partial charge in [0.05, 0.1) is 0 Å². The number of amidine groups is 2. The van der Waals surface area contributed by atoms with E-state index in [2.05, 4.69) is 99.5 Å². The van der Waals surface area contributed by atoms with Gasteiger partial charge >= 0.3 is 93.9 Å². The molecule has 2 amide bonds. The largest absolute Gasteiger partial charge is 0.490 e. The summed E-state index contributed by atoms with van der Waals surface area (Å²) in [5.41, 5.74) is 1.89. The summed E-state index contributed by atoms with van der Waals surface area (Å²) in [6.45, 7) is 9.64. The molecule has 26 N–H and O–H groups in total. The predicted octanol–water partition coefficient (Wildman–Crippen LogP) is -1.97. The molecule has 0 spiro atoms. The van der Waals surface area contributed by atoms with Gasteiger partial charge in [0.1, 0.15) is 119 Å². The third-order valence-corrected chi connectivity index (χ3v) is 31.7. The molecular weight excluding hydrogens is 2030 g/mol. The van der Waals surface area contributed by atoms with Gasteiger partial charge in [-0.3, -0.25) is 27.7 Å². The van der Waals surface area contributed by atoms with Gasteiger partial charge in [0.15, 0.2) is 36.1 Å². The maximum absolute atomic E-state index is 11.9. The molecule has 78 heteroatoms. The Morgan fingerprint density at radius 1 is 0.395 bits per heavy atom. The van der Waals surface area contributed by atoms with E-state index in [-0.39, 0.29) is 35.0 Å².